The maximum Gasteiger partial charge on any atom is 0.259 e. The molecular formula is C27H18ClIN2O3S. The normalized spacial score (nSPS) is 14.6. The maximum absolute atomic E-state index is 13.7. The molecule has 1 N–H and O–H groups in total. The van der Waals surface area contributed by atoms with Crippen LogP contribution >= 0.6 is 34.2 Å². The van der Waals surface area contributed by atoms with E-state index in [2.05, 4.69) is 27.9 Å². The molecule has 0 radical (unpaired) electrons. The van der Waals surface area contributed by atoms with Crippen molar-refractivity contribution in [3.05, 3.63) is 116 Å². The zero-order chi connectivity index (χ0) is 24.5. The number of halogens is 2. The SMILES string of the molecule is O=C(Nc1ccc(I)cc1)c1ccc2c(c1)N(Cc1cccc(Cl)c1)C(=O)c1ccccc1S2=O. The fourth-order valence-corrected chi connectivity index (χ4v) is 5.83. The van der Waals surface area contributed by atoms with E-state index in [0.29, 0.717) is 37.3 Å². The van der Waals surface area contributed by atoms with E-state index in [0.717, 1.165) is 9.13 Å². The summed E-state index contributed by atoms with van der Waals surface area (Å²) in [6.07, 6.45) is 0. The van der Waals surface area contributed by atoms with Crippen LogP contribution in [0.15, 0.2) is 101 Å². The molecule has 1 heterocycles. The number of nitrogens with one attached hydrogen (secondary N) is 1. The highest BCUT2D eigenvalue weighted by Gasteiger charge is 2.31. The topological polar surface area (TPSA) is 66.5 Å². The summed E-state index contributed by atoms with van der Waals surface area (Å²) in [5.41, 5.74) is 2.63. The second-order valence-corrected chi connectivity index (χ2v) is 11.0. The zero-order valence-corrected chi connectivity index (χ0v) is 21.9. The van der Waals surface area contributed by atoms with Crippen molar-refractivity contribution in [3.63, 3.8) is 0 Å². The summed E-state index contributed by atoms with van der Waals surface area (Å²) < 4.78 is 14.6. The van der Waals surface area contributed by atoms with Crippen molar-refractivity contribution < 1.29 is 13.8 Å². The van der Waals surface area contributed by atoms with E-state index < -0.39 is 10.8 Å². The highest BCUT2D eigenvalue weighted by molar-refractivity contribution is 14.1. The van der Waals surface area contributed by atoms with Gasteiger partial charge in [-0.25, -0.2) is 4.21 Å². The highest BCUT2D eigenvalue weighted by Crippen LogP contribution is 2.36. The Morgan fingerprint density at radius 2 is 1.69 bits per heavy atom. The Morgan fingerprint density at radius 3 is 2.46 bits per heavy atom. The van der Waals surface area contributed by atoms with Gasteiger partial charge in [-0.1, -0.05) is 35.9 Å². The number of fused-ring (bicyclic) bond motifs is 2. The Morgan fingerprint density at radius 1 is 0.914 bits per heavy atom. The summed E-state index contributed by atoms with van der Waals surface area (Å²) in [6, 6.07) is 26.5. The molecule has 0 fully saturated rings. The smallest absolute Gasteiger partial charge is 0.259 e. The Balaban J connectivity index is 1.59. The predicted molar refractivity (Wildman–Crippen MR) is 147 cm³/mol. The van der Waals surface area contributed by atoms with Crippen LogP contribution in [-0.2, 0) is 17.3 Å². The third-order valence-corrected chi connectivity index (χ3v) is 8.06. The fourth-order valence-electron chi connectivity index (χ4n) is 3.92. The summed E-state index contributed by atoms with van der Waals surface area (Å²) in [4.78, 5) is 29.2. The predicted octanol–water partition coefficient (Wildman–Crippen LogP) is 6.52. The van der Waals surface area contributed by atoms with Gasteiger partial charge in [-0.15, -0.1) is 0 Å². The lowest BCUT2D eigenvalue weighted by atomic mass is 10.1. The molecular weight excluding hydrogens is 595 g/mol. The van der Waals surface area contributed by atoms with Crippen LogP contribution in [0, 0.1) is 3.57 Å². The van der Waals surface area contributed by atoms with E-state index >= 15 is 0 Å². The van der Waals surface area contributed by atoms with E-state index in [9.17, 15) is 13.8 Å². The fraction of sp³-hybridized carbons (Fsp3) is 0.0370. The highest BCUT2D eigenvalue weighted by atomic mass is 127. The molecule has 174 valence electrons. The lowest BCUT2D eigenvalue weighted by Gasteiger charge is -2.24. The van der Waals surface area contributed by atoms with Gasteiger partial charge in [0.1, 0.15) is 0 Å². The summed E-state index contributed by atoms with van der Waals surface area (Å²) >= 11 is 8.38. The maximum atomic E-state index is 13.7. The van der Waals surface area contributed by atoms with Crippen LogP contribution in [0.1, 0.15) is 26.3 Å². The summed E-state index contributed by atoms with van der Waals surface area (Å²) in [7, 11) is -1.59. The Labute approximate surface area is 223 Å². The molecule has 1 aliphatic heterocycles. The van der Waals surface area contributed by atoms with E-state index in [4.69, 9.17) is 11.6 Å². The minimum absolute atomic E-state index is 0.208. The van der Waals surface area contributed by atoms with Gasteiger partial charge in [0.2, 0.25) is 0 Å². The second-order valence-electron chi connectivity index (χ2n) is 7.93. The number of anilines is 2. The van der Waals surface area contributed by atoms with Crippen molar-refractivity contribution >= 4 is 68.2 Å². The largest absolute Gasteiger partial charge is 0.322 e. The molecule has 0 aromatic heterocycles. The summed E-state index contributed by atoms with van der Waals surface area (Å²) in [5.74, 6) is -0.612. The molecule has 0 aliphatic carbocycles. The third kappa shape index (κ3) is 4.89. The average molecular weight is 613 g/mol. The van der Waals surface area contributed by atoms with Crippen molar-refractivity contribution in [2.75, 3.05) is 10.2 Å². The van der Waals surface area contributed by atoms with Gasteiger partial charge in [-0.3, -0.25) is 9.59 Å². The van der Waals surface area contributed by atoms with Gasteiger partial charge < -0.3 is 10.2 Å². The third-order valence-electron chi connectivity index (χ3n) is 5.61. The Hall–Kier alpha value is -3.01. The average Bonchev–Trinajstić information content (AvgIpc) is 2.95. The molecule has 35 heavy (non-hydrogen) atoms. The van der Waals surface area contributed by atoms with Gasteiger partial charge in [0.25, 0.3) is 11.8 Å². The monoisotopic (exact) mass is 612 g/mol. The van der Waals surface area contributed by atoms with Crippen molar-refractivity contribution in [3.8, 4) is 0 Å². The molecule has 1 atom stereocenters. The van der Waals surface area contributed by atoms with Gasteiger partial charge in [-0.2, -0.15) is 0 Å². The number of rotatable bonds is 4. The van der Waals surface area contributed by atoms with Crippen LogP contribution < -0.4 is 10.2 Å². The molecule has 4 aromatic carbocycles. The number of amides is 2. The van der Waals surface area contributed by atoms with Crippen molar-refractivity contribution in [2.24, 2.45) is 0 Å². The number of hydrogen-bond acceptors (Lipinski definition) is 3. The molecule has 5 rings (SSSR count). The van der Waals surface area contributed by atoms with Gasteiger partial charge in [0, 0.05) is 19.8 Å². The molecule has 0 saturated carbocycles. The first-order valence-corrected chi connectivity index (χ1v) is 13.3. The van der Waals surface area contributed by atoms with Crippen LogP contribution in [0.3, 0.4) is 0 Å². The number of carbonyl (C=O) groups is 2. The quantitative estimate of drug-likeness (QED) is 0.267. The standard InChI is InChI=1S/C27H18ClIN2O3S/c28-19-5-3-4-17(14-19)16-31-23-15-18(26(32)30-21-11-9-20(29)10-12-21)8-13-25(23)35(34)24-7-2-1-6-22(24)27(31)33/h1-15H,16H2,(H,30,32). The molecule has 0 spiro atoms. The van der Waals surface area contributed by atoms with E-state index in [1.165, 1.54) is 0 Å². The number of benzene rings is 4. The molecule has 1 unspecified atom stereocenters. The molecule has 4 aromatic rings. The van der Waals surface area contributed by atoms with Gasteiger partial charge in [-0.05, 0) is 94.9 Å². The van der Waals surface area contributed by atoms with Crippen LogP contribution in [-0.4, -0.2) is 16.0 Å². The zero-order valence-electron chi connectivity index (χ0n) is 18.2. The van der Waals surface area contributed by atoms with Gasteiger partial charge in [0.05, 0.1) is 38.4 Å². The second kappa shape index (κ2) is 9.93. The van der Waals surface area contributed by atoms with Gasteiger partial charge in [0.15, 0.2) is 0 Å². The number of nitrogens with zero attached hydrogens (tertiary/aromatic N) is 1. The van der Waals surface area contributed by atoms with Crippen LogP contribution in [0.25, 0.3) is 0 Å². The van der Waals surface area contributed by atoms with E-state index in [1.54, 1.807) is 59.5 Å². The molecule has 5 nitrogen and oxygen atoms in total. The van der Waals surface area contributed by atoms with E-state index in [-0.39, 0.29) is 18.4 Å². The summed E-state index contributed by atoms with van der Waals surface area (Å²) in [5, 5.41) is 3.44. The first-order chi connectivity index (χ1) is 16.9. The van der Waals surface area contributed by atoms with Crippen molar-refractivity contribution in [1.82, 2.24) is 0 Å². The molecule has 0 saturated heterocycles. The lowest BCUT2D eigenvalue weighted by molar-refractivity contribution is 0.0979. The van der Waals surface area contributed by atoms with Crippen LogP contribution in [0.5, 0.6) is 0 Å². The molecule has 1 aliphatic rings. The van der Waals surface area contributed by atoms with Gasteiger partial charge >= 0.3 is 0 Å². The molecule has 8 heteroatoms. The molecule has 0 bridgehead atoms. The summed E-state index contributed by atoms with van der Waals surface area (Å²) in [6.45, 7) is 0.208. The van der Waals surface area contributed by atoms with Crippen molar-refractivity contribution in [1.29, 1.82) is 0 Å². The Kier molecular flexibility index (Phi) is 6.73. The number of hydrogen-bond donors (Lipinski definition) is 1. The number of carbonyl (C=O) groups excluding carboxylic acids is 2. The first kappa shape index (κ1) is 23.7. The first-order valence-electron chi connectivity index (χ1n) is 10.7. The van der Waals surface area contributed by atoms with Crippen LogP contribution in [0.4, 0.5) is 11.4 Å². The van der Waals surface area contributed by atoms with Crippen molar-refractivity contribution in [2.45, 2.75) is 16.3 Å². The molecule has 2 amide bonds. The minimum Gasteiger partial charge on any atom is -0.322 e. The minimum atomic E-state index is -1.59. The Bertz CT molecular complexity index is 1490. The lowest BCUT2D eigenvalue weighted by Crippen LogP contribution is -2.30. The van der Waals surface area contributed by atoms with E-state index in [1.807, 2.05) is 36.4 Å². The van der Waals surface area contributed by atoms with Crippen LogP contribution in [0.2, 0.25) is 5.02 Å².